The van der Waals surface area contributed by atoms with E-state index in [9.17, 15) is 18.8 Å². The lowest BCUT2D eigenvalue weighted by Gasteiger charge is -2.16. The molecular weight excluding hydrogens is 315 g/mol. The van der Waals surface area contributed by atoms with Crippen LogP contribution in [0.1, 0.15) is 20.3 Å². The van der Waals surface area contributed by atoms with Gasteiger partial charge < -0.3 is 10.6 Å². The Kier molecular flexibility index (Phi) is 7.84. The van der Waals surface area contributed by atoms with Crippen LogP contribution in [0.5, 0.6) is 0 Å². The zero-order valence-corrected chi connectivity index (χ0v) is 14.1. The van der Waals surface area contributed by atoms with Crippen molar-refractivity contribution < 1.29 is 18.8 Å². The second-order valence-electron chi connectivity index (χ2n) is 5.56. The number of urea groups is 1. The average Bonchev–Trinajstić information content (AvgIpc) is 2.48. The maximum atomic E-state index is 12.8. The number of hydrogen-bond donors (Lipinski definition) is 3. The Bertz CT molecular complexity index is 577. The second kappa shape index (κ2) is 9.61. The van der Waals surface area contributed by atoms with E-state index in [1.807, 2.05) is 13.8 Å². The van der Waals surface area contributed by atoms with Crippen molar-refractivity contribution in [1.82, 2.24) is 15.5 Å². The van der Waals surface area contributed by atoms with Gasteiger partial charge in [-0.05, 0) is 44.7 Å². The molecule has 1 aromatic rings. The van der Waals surface area contributed by atoms with Gasteiger partial charge in [0.1, 0.15) is 5.82 Å². The summed E-state index contributed by atoms with van der Waals surface area (Å²) in [7, 11) is 1.58. The van der Waals surface area contributed by atoms with Crippen LogP contribution < -0.4 is 16.0 Å². The fourth-order valence-electron chi connectivity index (χ4n) is 1.81. The van der Waals surface area contributed by atoms with Crippen molar-refractivity contribution >= 4 is 23.5 Å². The molecule has 0 saturated heterocycles. The van der Waals surface area contributed by atoms with Crippen LogP contribution in [-0.2, 0) is 9.59 Å². The van der Waals surface area contributed by atoms with Crippen molar-refractivity contribution in [1.29, 1.82) is 0 Å². The van der Waals surface area contributed by atoms with Crippen LogP contribution in [0.3, 0.4) is 0 Å². The number of rotatable bonds is 7. The van der Waals surface area contributed by atoms with Gasteiger partial charge in [0, 0.05) is 11.7 Å². The molecule has 1 atom stereocenters. The molecule has 0 aliphatic rings. The zero-order valence-electron chi connectivity index (χ0n) is 14.1. The minimum Gasteiger partial charge on any atom is -0.335 e. The van der Waals surface area contributed by atoms with Crippen molar-refractivity contribution in [2.45, 2.75) is 26.3 Å². The smallest absolute Gasteiger partial charge is 0.321 e. The average molecular weight is 338 g/mol. The predicted molar refractivity (Wildman–Crippen MR) is 89.0 cm³/mol. The Labute approximate surface area is 140 Å². The number of carbonyl (C=O) groups is 3. The monoisotopic (exact) mass is 338 g/mol. The van der Waals surface area contributed by atoms with Gasteiger partial charge in [0.25, 0.3) is 0 Å². The highest BCUT2D eigenvalue weighted by atomic mass is 19.1. The van der Waals surface area contributed by atoms with Gasteiger partial charge in [-0.1, -0.05) is 6.92 Å². The molecule has 24 heavy (non-hydrogen) atoms. The lowest BCUT2D eigenvalue weighted by molar-refractivity contribution is -0.122. The zero-order chi connectivity index (χ0) is 18.1. The number of carbonyl (C=O) groups excluding carboxylic acids is 3. The molecule has 132 valence electrons. The first-order chi connectivity index (χ1) is 11.3. The maximum absolute atomic E-state index is 12.8. The molecule has 0 aromatic heterocycles. The highest BCUT2D eigenvalue weighted by molar-refractivity contribution is 5.96. The predicted octanol–water partition coefficient (Wildman–Crippen LogP) is 1.32. The van der Waals surface area contributed by atoms with Crippen molar-refractivity contribution in [2.24, 2.45) is 0 Å². The van der Waals surface area contributed by atoms with Crippen molar-refractivity contribution in [2.75, 3.05) is 25.5 Å². The summed E-state index contributed by atoms with van der Waals surface area (Å²) in [5.74, 6) is -1.24. The van der Waals surface area contributed by atoms with Crippen LogP contribution in [0.25, 0.3) is 0 Å². The van der Waals surface area contributed by atoms with Gasteiger partial charge >= 0.3 is 6.03 Å². The van der Waals surface area contributed by atoms with E-state index < -0.39 is 17.8 Å². The molecule has 0 fully saturated rings. The van der Waals surface area contributed by atoms with E-state index >= 15 is 0 Å². The lowest BCUT2D eigenvalue weighted by Crippen LogP contribution is -2.47. The Hall–Kier alpha value is -2.48. The van der Waals surface area contributed by atoms with Crippen LogP contribution in [0.15, 0.2) is 24.3 Å². The molecule has 0 bridgehead atoms. The van der Waals surface area contributed by atoms with Crippen LogP contribution in [0.4, 0.5) is 14.9 Å². The molecule has 7 nitrogen and oxygen atoms in total. The summed E-state index contributed by atoms with van der Waals surface area (Å²) < 4.78 is 12.8. The van der Waals surface area contributed by atoms with Crippen LogP contribution >= 0.6 is 0 Å². The van der Waals surface area contributed by atoms with Gasteiger partial charge in [-0.2, -0.15) is 0 Å². The molecular formula is C16H23FN4O3. The molecule has 0 aliphatic heterocycles. The van der Waals surface area contributed by atoms with Crippen molar-refractivity contribution in [3.63, 3.8) is 0 Å². The molecule has 1 rings (SSSR count). The van der Waals surface area contributed by atoms with Crippen molar-refractivity contribution in [3.8, 4) is 0 Å². The number of nitrogens with one attached hydrogen (secondary N) is 3. The van der Waals surface area contributed by atoms with E-state index in [-0.39, 0.29) is 25.0 Å². The number of imide groups is 1. The number of nitrogens with zero attached hydrogens (tertiary/aromatic N) is 1. The Morgan fingerprint density at radius 3 is 2.29 bits per heavy atom. The standard InChI is InChI=1S/C16H23FN4O3/c1-4-11(2)18-16(24)20-15(23)10-21(3)9-14(22)19-13-7-5-12(17)6-8-13/h5-8,11H,4,9-10H2,1-3H3,(H,19,22)(H2,18,20,23,24)/t11-/m0/s1. The summed E-state index contributed by atoms with van der Waals surface area (Å²) in [4.78, 5) is 36.5. The summed E-state index contributed by atoms with van der Waals surface area (Å²) in [6, 6.07) is 4.78. The van der Waals surface area contributed by atoms with Crippen LogP contribution in [0.2, 0.25) is 0 Å². The highest BCUT2D eigenvalue weighted by Gasteiger charge is 2.14. The molecule has 0 unspecified atom stereocenters. The minimum absolute atomic E-state index is 0.0305. The van der Waals surface area contributed by atoms with Gasteiger partial charge in [-0.3, -0.25) is 19.8 Å². The van der Waals surface area contributed by atoms with Gasteiger partial charge in [0.05, 0.1) is 13.1 Å². The van der Waals surface area contributed by atoms with E-state index in [0.29, 0.717) is 5.69 Å². The maximum Gasteiger partial charge on any atom is 0.321 e. The first-order valence-corrected chi connectivity index (χ1v) is 7.64. The number of benzene rings is 1. The van der Waals surface area contributed by atoms with Crippen LogP contribution in [0, 0.1) is 5.82 Å². The summed E-state index contributed by atoms with van der Waals surface area (Å²) in [5.41, 5.74) is 0.465. The molecule has 0 saturated carbocycles. The molecule has 4 amide bonds. The lowest BCUT2D eigenvalue weighted by atomic mass is 10.3. The van der Waals surface area contributed by atoms with E-state index in [1.165, 1.54) is 29.2 Å². The van der Waals surface area contributed by atoms with E-state index in [0.717, 1.165) is 6.42 Å². The Morgan fingerprint density at radius 2 is 1.71 bits per heavy atom. The summed E-state index contributed by atoms with van der Waals surface area (Å²) in [6.45, 7) is 3.60. The molecule has 0 aliphatic carbocycles. The Balaban J connectivity index is 2.35. The van der Waals surface area contributed by atoms with E-state index in [2.05, 4.69) is 16.0 Å². The summed E-state index contributed by atoms with van der Waals surface area (Å²) >= 11 is 0. The molecule has 1 aromatic carbocycles. The first kappa shape index (κ1) is 19.6. The fraction of sp³-hybridized carbons (Fsp3) is 0.438. The largest absolute Gasteiger partial charge is 0.335 e. The van der Waals surface area contributed by atoms with Gasteiger partial charge in [-0.15, -0.1) is 0 Å². The van der Waals surface area contributed by atoms with Crippen molar-refractivity contribution in [3.05, 3.63) is 30.1 Å². The number of hydrogen-bond acceptors (Lipinski definition) is 4. The van der Waals surface area contributed by atoms with Crippen LogP contribution in [-0.4, -0.2) is 48.9 Å². The van der Waals surface area contributed by atoms with Gasteiger partial charge in [0.2, 0.25) is 11.8 Å². The molecule has 8 heteroatoms. The quantitative estimate of drug-likeness (QED) is 0.699. The highest BCUT2D eigenvalue weighted by Crippen LogP contribution is 2.07. The summed E-state index contributed by atoms with van der Waals surface area (Å²) in [6.07, 6.45) is 0.755. The van der Waals surface area contributed by atoms with E-state index in [4.69, 9.17) is 0 Å². The SMILES string of the molecule is CC[C@H](C)NC(=O)NC(=O)CN(C)CC(=O)Nc1ccc(F)cc1. The topological polar surface area (TPSA) is 90.5 Å². The third-order valence-electron chi connectivity index (χ3n) is 3.20. The number of halogens is 1. The first-order valence-electron chi connectivity index (χ1n) is 7.64. The van der Waals surface area contributed by atoms with E-state index in [1.54, 1.807) is 7.05 Å². The normalized spacial score (nSPS) is 11.7. The third-order valence-corrected chi connectivity index (χ3v) is 3.20. The molecule has 0 spiro atoms. The number of likely N-dealkylation sites (N-methyl/N-ethyl adjacent to an activating group) is 1. The Morgan fingerprint density at radius 1 is 1.12 bits per heavy atom. The molecule has 0 heterocycles. The minimum atomic E-state index is -0.557. The van der Waals surface area contributed by atoms with Gasteiger partial charge in [0.15, 0.2) is 0 Å². The third kappa shape index (κ3) is 7.68. The molecule has 0 radical (unpaired) electrons. The second-order valence-corrected chi connectivity index (χ2v) is 5.56. The molecule has 3 N–H and O–H groups in total. The fourth-order valence-corrected chi connectivity index (χ4v) is 1.81. The van der Waals surface area contributed by atoms with Gasteiger partial charge in [-0.25, -0.2) is 9.18 Å². The summed E-state index contributed by atoms with van der Waals surface area (Å²) in [5, 5.41) is 7.40. The number of amides is 4. The number of anilines is 1.